The summed E-state index contributed by atoms with van der Waals surface area (Å²) in [5.74, 6) is -1.02. The van der Waals surface area contributed by atoms with E-state index in [1.54, 1.807) is 18.2 Å². The Bertz CT molecular complexity index is 622. The summed E-state index contributed by atoms with van der Waals surface area (Å²) in [6.07, 6.45) is 1.54. The predicted molar refractivity (Wildman–Crippen MR) is 66.5 cm³/mol. The van der Waals surface area contributed by atoms with Gasteiger partial charge in [0.05, 0.1) is 11.8 Å². The van der Waals surface area contributed by atoms with E-state index >= 15 is 0 Å². The summed E-state index contributed by atoms with van der Waals surface area (Å²) in [6, 6.07) is 11.4. The van der Waals surface area contributed by atoms with Crippen LogP contribution in [0.4, 0.5) is 4.39 Å². The lowest BCUT2D eigenvalue weighted by Crippen LogP contribution is -2.28. The molecule has 0 radical (unpaired) electrons. The van der Waals surface area contributed by atoms with E-state index in [0.717, 1.165) is 6.07 Å². The zero-order valence-electron chi connectivity index (χ0n) is 9.88. The molecule has 0 aliphatic rings. The third-order valence-corrected chi connectivity index (χ3v) is 2.47. The van der Waals surface area contributed by atoms with Gasteiger partial charge in [-0.1, -0.05) is 12.1 Å². The Morgan fingerprint density at radius 1 is 1.32 bits per heavy atom. The molecule has 1 amide bonds. The first-order valence-corrected chi connectivity index (χ1v) is 5.57. The van der Waals surface area contributed by atoms with Gasteiger partial charge in [0, 0.05) is 11.8 Å². The zero-order chi connectivity index (χ0) is 13.7. The van der Waals surface area contributed by atoms with Gasteiger partial charge < -0.3 is 5.32 Å². The molecule has 1 atom stereocenters. The minimum Gasteiger partial charge on any atom is -0.331 e. The average Bonchev–Trinajstić information content (AvgIpc) is 2.45. The zero-order valence-corrected chi connectivity index (χ0v) is 9.88. The Kier molecular flexibility index (Phi) is 3.84. The van der Waals surface area contributed by atoms with Crippen LogP contribution in [-0.2, 0) is 0 Å². The van der Waals surface area contributed by atoms with Crippen LogP contribution in [0.2, 0.25) is 0 Å². The summed E-state index contributed by atoms with van der Waals surface area (Å²) >= 11 is 0. The molecule has 1 N–H and O–H groups in total. The van der Waals surface area contributed by atoms with Crippen molar-refractivity contribution in [2.75, 3.05) is 0 Å². The van der Waals surface area contributed by atoms with Crippen molar-refractivity contribution in [2.24, 2.45) is 0 Å². The van der Waals surface area contributed by atoms with Gasteiger partial charge in [-0.15, -0.1) is 0 Å². The molecule has 0 fully saturated rings. The van der Waals surface area contributed by atoms with Gasteiger partial charge in [0.2, 0.25) is 0 Å². The standard InChI is InChI=1S/C14H10FN3O/c15-11-5-3-4-10(8-11)14(19)18-13(9-16)12-6-1-2-7-17-12/h1-8,13H,(H,18,19). The Labute approximate surface area is 109 Å². The molecule has 4 nitrogen and oxygen atoms in total. The summed E-state index contributed by atoms with van der Waals surface area (Å²) in [5.41, 5.74) is 0.603. The molecule has 2 rings (SSSR count). The highest BCUT2D eigenvalue weighted by Gasteiger charge is 2.16. The number of carbonyl (C=O) groups excluding carboxylic acids is 1. The highest BCUT2D eigenvalue weighted by atomic mass is 19.1. The highest BCUT2D eigenvalue weighted by Crippen LogP contribution is 2.10. The van der Waals surface area contributed by atoms with Crippen molar-refractivity contribution in [1.82, 2.24) is 10.3 Å². The number of nitriles is 1. The number of nitrogens with one attached hydrogen (secondary N) is 1. The van der Waals surface area contributed by atoms with Crippen molar-refractivity contribution in [3.63, 3.8) is 0 Å². The number of halogens is 1. The Morgan fingerprint density at radius 3 is 2.79 bits per heavy atom. The van der Waals surface area contributed by atoms with Crippen molar-refractivity contribution in [2.45, 2.75) is 6.04 Å². The fourth-order valence-corrected chi connectivity index (χ4v) is 1.56. The lowest BCUT2D eigenvalue weighted by atomic mass is 10.1. The second-order valence-electron chi connectivity index (χ2n) is 3.80. The van der Waals surface area contributed by atoms with Crippen LogP contribution in [0.25, 0.3) is 0 Å². The van der Waals surface area contributed by atoms with Gasteiger partial charge in [0.1, 0.15) is 5.82 Å². The molecular formula is C14H10FN3O. The molecule has 0 saturated heterocycles. The van der Waals surface area contributed by atoms with Crippen molar-refractivity contribution in [3.05, 3.63) is 65.7 Å². The van der Waals surface area contributed by atoms with Crippen LogP contribution in [0.15, 0.2) is 48.7 Å². The Balaban J connectivity index is 2.16. The van der Waals surface area contributed by atoms with Gasteiger partial charge in [-0.05, 0) is 30.3 Å². The largest absolute Gasteiger partial charge is 0.331 e. The van der Waals surface area contributed by atoms with Crippen LogP contribution >= 0.6 is 0 Å². The summed E-state index contributed by atoms with van der Waals surface area (Å²) < 4.78 is 13.0. The van der Waals surface area contributed by atoms with Crippen LogP contribution in [0.1, 0.15) is 22.1 Å². The van der Waals surface area contributed by atoms with Crippen LogP contribution < -0.4 is 5.32 Å². The Hall–Kier alpha value is -2.74. The molecule has 0 spiro atoms. The molecule has 19 heavy (non-hydrogen) atoms. The van der Waals surface area contributed by atoms with Crippen molar-refractivity contribution < 1.29 is 9.18 Å². The fraction of sp³-hybridized carbons (Fsp3) is 0.0714. The molecule has 1 unspecified atom stereocenters. The molecule has 0 bridgehead atoms. The molecular weight excluding hydrogens is 245 g/mol. The average molecular weight is 255 g/mol. The van der Waals surface area contributed by atoms with Crippen molar-refractivity contribution >= 4 is 5.91 Å². The lowest BCUT2D eigenvalue weighted by molar-refractivity contribution is 0.0944. The first-order valence-electron chi connectivity index (χ1n) is 5.57. The van der Waals surface area contributed by atoms with Gasteiger partial charge in [0.15, 0.2) is 6.04 Å². The van der Waals surface area contributed by atoms with E-state index in [4.69, 9.17) is 5.26 Å². The maximum Gasteiger partial charge on any atom is 0.252 e. The van der Waals surface area contributed by atoms with Gasteiger partial charge in [-0.25, -0.2) is 4.39 Å². The quantitative estimate of drug-likeness (QED) is 0.914. The first-order chi connectivity index (χ1) is 9.20. The number of pyridine rings is 1. The lowest BCUT2D eigenvalue weighted by Gasteiger charge is -2.10. The molecule has 94 valence electrons. The topological polar surface area (TPSA) is 65.8 Å². The number of benzene rings is 1. The van der Waals surface area contributed by atoms with E-state index in [0.29, 0.717) is 5.69 Å². The smallest absolute Gasteiger partial charge is 0.252 e. The third-order valence-electron chi connectivity index (χ3n) is 2.47. The minimum atomic E-state index is -0.864. The second-order valence-corrected chi connectivity index (χ2v) is 3.80. The van der Waals surface area contributed by atoms with Crippen molar-refractivity contribution in [1.29, 1.82) is 5.26 Å². The fourth-order valence-electron chi connectivity index (χ4n) is 1.56. The molecule has 0 saturated carbocycles. The number of carbonyl (C=O) groups is 1. The Morgan fingerprint density at radius 2 is 2.16 bits per heavy atom. The van der Waals surface area contributed by atoms with Gasteiger partial charge in [-0.2, -0.15) is 5.26 Å². The normalized spacial score (nSPS) is 11.4. The van der Waals surface area contributed by atoms with Gasteiger partial charge in [-0.3, -0.25) is 9.78 Å². The summed E-state index contributed by atoms with van der Waals surface area (Å²) in [7, 11) is 0. The van der Waals surface area contributed by atoms with E-state index in [1.165, 1.54) is 24.4 Å². The number of rotatable bonds is 3. The van der Waals surface area contributed by atoms with Crippen LogP contribution in [-0.4, -0.2) is 10.9 Å². The van der Waals surface area contributed by atoms with Crippen LogP contribution in [0, 0.1) is 17.1 Å². The molecule has 5 heteroatoms. The van der Waals surface area contributed by atoms with E-state index in [1.807, 2.05) is 6.07 Å². The molecule has 0 aliphatic carbocycles. The summed E-state index contributed by atoms with van der Waals surface area (Å²) in [5, 5.41) is 11.5. The number of amides is 1. The van der Waals surface area contributed by atoms with Gasteiger partial charge >= 0.3 is 0 Å². The van der Waals surface area contributed by atoms with E-state index in [2.05, 4.69) is 10.3 Å². The van der Waals surface area contributed by atoms with E-state index in [9.17, 15) is 9.18 Å². The number of nitrogens with zero attached hydrogens (tertiary/aromatic N) is 2. The van der Waals surface area contributed by atoms with E-state index in [-0.39, 0.29) is 5.56 Å². The maximum atomic E-state index is 13.0. The predicted octanol–water partition coefficient (Wildman–Crippen LogP) is 2.22. The minimum absolute atomic E-state index is 0.163. The molecule has 1 aromatic carbocycles. The summed E-state index contributed by atoms with van der Waals surface area (Å²) in [4.78, 5) is 15.9. The monoisotopic (exact) mass is 255 g/mol. The molecule has 0 aliphatic heterocycles. The van der Waals surface area contributed by atoms with Gasteiger partial charge in [0.25, 0.3) is 5.91 Å². The SMILES string of the molecule is N#CC(NC(=O)c1cccc(F)c1)c1ccccn1. The number of hydrogen-bond acceptors (Lipinski definition) is 3. The first kappa shape index (κ1) is 12.7. The number of hydrogen-bond donors (Lipinski definition) is 1. The van der Waals surface area contributed by atoms with Crippen molar-refractivity contribution in [3.8, 4) is 6.07 Å². The highest BCUT2D eigenvalue weighted by molar-refractivity contribution is 5.94. The molecule has 2 aromatic rings. The third kappa shape index (κ3) is 3.13. The second kappa shape index (κ2) is 5.74. The van der Waals surface area contributed by atoms with Crippen LogP contribution in [0.5, 0.6) is 0 Å². The van der Waals surface area contributed by atoms with E-state index < -0.39 is 17.8 Å². The molecule has 1 heterocycles. The maximum absolute atomic E-state index is 13.0. The van der Waals surface area contributed by atoms with Crippen LogP contribution in [0.3, 0.4) is 0 Å². The molecule has 1 aromatic heterocycles. The summed E-state index contributed by atoms with van der Waals surface area (Å²) in [6.45, 7) is 0. The number of aromatic nitrogens is 1.